The largest absolute Gasteiger partial charge is 0.399 e. The van der Waals surface area contributed by atoms with Crippen LogP contribution in [0.15, 0.2) is 58.4 Å². The Hall–Kier alpha value is -1.83. The molecule has 2 aliphatic rings. The lowest BCUT2D eigenvalue weighted by Crippen LogP contribution is -2.18. The second-order valence-electron chi connectivity index (χ2n) is 5.59. The SMILES string of the molecule is CCC1=CCC(C(=N)C2C=C(N)C(C)=CC2)=CC=C1C. The summed E-state index contributed by atoms with van der Waals surface area (Å²) in [5, 5.41) is 8.46. The minimum absolute atomic E-state index is 0.121. The van der Waals surface area contributed by atoms with Crippen molar-refractivity contribution in [1.82, 2.24) is 0 Å². The zero-order valence-electron chi connectivity index (χ0n) is 12.7. The van der Waals surface area contributed by atoms with E-state index in [-0.39, 0.29) is 5.92 Å². The van der Waals surface area contributed by atoms with E-state index in [1.165, 1.54) is 11.1 Å². The first-order valence-corrected chi connectivity index (χ1v) is 7.33. The lowest BCUT2D eigenvalue weighted by atomic mass is 9.86. The molecule has 1 unspecified atom stereocenters. The monoisotopic (exact) mass is 268 g/mol. The number of hydrogen-bond acceptors (Lipinski definition) is 2. The molecule has 0 amide bonds. The standard InChI is InChI=1S/C18H24N2/c1-4-14-9-10-15(7-5-12(14)2)18(20)16-8-6-13(3)17(19)11-16/h5-7,9,11,16,20H,4,8,10,19H2,1-3H3. The summed E-state index contributed by atoms with van der Waals surface area (Å²) in [4.78, 5) is 0. The van der Waals surface area contributed by atoms with Crippen LogP contribution < -0.4 is 5.73 Å². The molecule has 20 heavy (non-hydrogen) atoms. The van der Waals surface area contributed by atoms with Crippen molar-refractivity contribution in [2.75, 3.05) is 0 Å². The van der Waals surface area contributed by atoms with Crippen LogP contribution in [0.25, 0.3) is 0 Å². The first kappa shape index (κ1) is 14.6. The van der Waals surface area contributed by atoms with Gasteiger partial charge in [-0.05, 0) is 55.4 Å². The maximum atomic E-state index is 8.46. The van der Waals surface area contributed by atoms with Crippen molar-refractivity contribution in [3.8, 4) is 0 Å². The van der Waals surface area contributed by atoms with Gasteiger partial charge in [-0.3, -0.25) is 0 Å². The van der Waals surface area contributed by atoms with Crippen molar-refractivity contribution in [2.24, 2.45) is 11.7 Å². The predicted octanol–water partition coefficient (Wildman–Crippen LogP) is 4.43. The zero-order valence-corrected chi connectivity index (χ0v) is 12.7. The van der Waals surface area contributed by atoms with Gasteiger partial charge in [0.05, 0.1) is 0 Å². The Balaban J connectivity index is 2.18. The second-order valence-corrected chi connectivity index (χ2v) is 5.59. The van der Waals surface area contributed by atoms with Gasteiger partial charge < -0.3 is 11.1 Å². The van der Waals surface area contributed by atoms with Crippen LogP contribution in [0.5, 0.6) is 0 Å². The fraction of sp³-hybridized carbons (Fsp3) is 0.389. The quantitative estimate of drug-likeness (QED) is 0.731. The average Bonchev–Trinajstić information content (AvgIpc) is 2.63. The molecule has 0 fully saturated rings. The topological polar surface area (TPSA) is 49.9 Å². The summed E-state index contributed by atoms with van der Waals surface area (Å²) in [5.41, 5.74) is 12.4. The van der Waals surface area contributed by atoms with Crippen molar-refractivity contribution < 1.29 is 0 Å². The lowest BCUT2D eigenvalue weighted by Gasteiger charge is -2.20. The molecular formula is C18H24N2. The average molecular weight is 268 g/mol. The molecule has 0 aromatic heterocycles. The van der Waals surface area contributed by atoms with Gasteiger partial charge in [-0.1, -0.05) is 37.3 Å². The summed E-state index contributed by atoms with van der Waals surface area (Å²) in [5.74, 6) is 0.121. The Morgan fingerprint density at radius 3 is 2.65 bits per heavy atom. The predicted molar refractivity (Wildman–Crippen MR) is 86.7 cm³/mol. The van der Waals surface area contributed by atoms with Crippen molar-refractivity contribution in [3.63, 3.8) is 0 Å². The van der Waals surface area contributed by atoms with Crippen molar-refractivity contribution in [1.29, 1.82) is 5.41 Å². The van der Waals surface area contributed by atoms with Crippen LogP contribution in [0.2, 0.25) is 0 Å². The number of hydrogen-bond donors (Lipinski definition) is 2. The van der Waals surface area contributed by atoms with Gasteiger partial charge in [0.2, 0.25) is 0 Å². The highest BCUT2D eigenvalue weighted by Gasteiger charge is 2.19. The molecule has 0 aromatic rings. The second kappa shape index (κ2) is 6.08. The first-order valence-electron chi connectivity index (χ1n) is 7.33. The molecule has 0 saturated carbocycles. The van der Waals surface area contributed by atoms with Crippen molar-refractivity contribution in [2.45, 2.75) is 40.0 Å². The van der Waals surface area contributed by atoms with Crippen LogP contribution >= 0.6 is 0 Å². The summed E-state index contributed by atoms with van der Waals surface area (Å²) in [6.45, 7) is 6.35. The molecule has 0 aromatic carbocycles. The van der Waals surface area contributed by atoms with Gasteiger partial charge in [0.15, 0.2) is 0 Å². The molecule has 3 N–H and O–H groups in total. The summed E-state index contributed by atoms with van der Waals surface area (Å²) in [7, 11) is 0. The number of rotatable bonds is 3. The molecule has 0 aliphatic heterocycles. The Bertz CT molecular complexity index is 568. The summed E-state index contributed by atoms with van der Waals surface area (Å²) < 4.78 is 0. The van der Waals surface area contributed by atoms with E-state index in [1.807, 2.05) is 13.0 Å². The summed E-state index contributed by atoms with van der Waals surface area (Å²) in [6, 6.07) is 0. The molecule has 0 radical (unpaired) electrons. The zero-order chi connectivity index (χ0) is 14.7. The van der Waals surface area contributed by atoms with Crippen LogP contribution in [0, 0.1) is 11.3 Å². The van der Waals surface area contributed by atoms with Crippen LogP contribution in [-0.4, -0.2) is 5.71 Å². The van der Waals surface area contributed by atoms with Gasteiger partial charge >= 0.3 is 0 Å². The molecule has 2 nitrogen and oxygen atoms in total. The maximum Gasteiger partial charge on any atom is 0.0421 e. The van der Waals surface area contributed by atoms with Gasteiger partial charge in [-0.2, -0.15) is 0 Å². The third-order valence-electron chi connectivity index (χ3n) is 4.22. The van der Waals surface area contributed by atoms with Gasteiger partial charge in [0.1, 0.15) is 0 Å². The maximum absolute atomic E-state index is 8.46. The Morgan fingerprint density at radius 2 is 2.00 bits per heavy atom. The molecule has 0 bridgehead atoms. The van der Waals surface area contributed by atoms with E-state index < -0.39 is 0 Å². The van der Waals surface area contributed by atoms with Crippen LogP contribution in [0.3, 0.4) is 0 Å². The molecule has 2 heteroatoms. The molecule has 0 heterocycles. The van der Waals surface area contributed by atoms with Crippen LogP contribution in [-0.2, 0) is 0 Å². The highest BCUT2D eigenvalue weighted by atomic mass is 14.6. The Labute approximate surface area is 122 Å². The fourth-order valence-corrected chi connectivity index (χ4v) is 2.69. The fourth-order valence-electron chi connectivity index (χ4n) is 2.69. The molecule has 2 aliphatic carbocycles. The summed E-state index contributed by atoms with van der Waals surface area (Å²) >= 11 is 0. The van der Waals surface area contributed by atoms with Gasteiger partial charge in [-0.25, -0.2) is 0 Å². The highest BCUT2D eigenvalue weighted by Crippen LogP contribution is 2.27. The molecular weight excluding hydrogens is 244 g/mol. The van der Waals surface area contributed by atoms with Crippen molar-refractivity contribution in [3.05, 3.63) is 58.4 Å². The molecule has 1 atom stereocenters. The van der Waals surface area contributed by atoms with Gasteiger partial charge in [0, 0.05) is 17.3 Å². The normalized spacial score (nSPS) is 22.9. The number of nitrogens with two attached hydrogens (primary N) is 1. The highest BCUT2D eigenvalue weighted by molar-refractivity contribution is 6.01. The summed E-state index contributed by atoms with van der Waals surface area (Å²) in [6.07, 6.45) is 13.5. The van der Waals surface area contributed by atoms with Crippen LogP contribution in [0.4, 0.5) is 0 Å². The van der Waals surface area contributed by atoms with Gasteiger partial charge in [0.25, 0.3) is 0 Å². The van der Waals surface area contributed by atoms with E-state index in [2.05, 4.69) is 38.2 Å². The molecule has 0 saturated heterocycles. The lowest BCUT2D eigenvalue weighted by molar-refractivity contribution is 0.831. The van der Waals surface area contributed by atoms with E-state index in [4.69, 9.17) is 11.1 Å². The first-order chi connectivity index (χ1) is 9.52. The Kier molecular flexibility index (Phi) is 4.43. The third kappa shape index (κ3) is 3.01. The third-order valence-corrected chi connectivity index (χ3v) is 4.22. The van der Waals surface area contributed by atoms with Gasteiger partial charge in [-0.15, -0.1) is 0 Å². The van der Waals surface area contributed by atoms with E-state index in [1.54, 1.807) is 0 Å². The Morgan fingerprint density at radius 1 is 1.25 bits per heavy atom. The molecule has 2 rings (SSSR count). The van der Waals surface area contributed by atoms with E-state index in [9.17, 15) is 0 Å². The smallest absolute Gasteiger partial charge is 0.0421 e. The van der Waals surface area contributed by atoms with E-state index in [0.717, 1.165) is 36.1 Å². The number of allylic oxidation sites excluding steroid dienone is 9. The van der Waals surface area contributed by atoms with Crippen molar-refractivity contribution >= 4 is 5.71 Å². The molecule has 0 spiro atoms. The van der Waals surface area contributed by atoms with E-state index in [0.29, 0.717) is 5.71 Å². The minimum atomic E-state index is 0.121. The number of nitrogens with one attached hydrogen (secondary N) is 1. The molecule has 106 valence electrons. The van der Waals surface area contributed by atoms with E-state index >= 15 is 0 Å². The van der Waals surface area contributed by atoms with Crippen LogP contribution in [0.1, 0.15) is 40.0 Å². The minimum Gasteiger partial charge on any atom is -0.399 e.